The Balaban J connectivity index is 1.28. The summed E-state index contributed by atoms with van der Waals surface area (Å²) in [6.07, 6.45) is 8.41. The van der Waals surface area contributed by atoms with Crippen molar-refractivity contribution in [1.82, 2.24) is 20.3 Å². The van der Waals surface area contributed by atoms with Gasteiger partial charge in [-0.2, -0.15) is 0 Å². The molecule has 8 nitrogen and oxygen atoms in total. The van der Waals surface area contributed by atoms with Gasteiger partial charge in [0.05, 0.1) is 29.0 Å². The van der Waals surface area contributed by atoms with Crippen LogP contribution in [0.4, 0.5) is 11.5 Å². The van der Waals surface area contributed by atoms with E-state index in [2.05, 4.69) is 55.7 Å². The zero-order valence-corrected chi connectivity index (χ0v) is 20.8. The maximum absolute atomic E-state index is 12.1. The number of carbonyl (C=O) groups excluding carboxylic acids is 1. The van der Waals surface area contributed by atoms with Crippen LogP contribution in [-0.4, -0.2) is 40.1 Å². The van der Waals surface area contributed by atoms with E-state index < -0.39 is 0 Å². The first-order valence-corrected chi connectivity index (χ1v) is 12.4. The lowest BCUT2D eigenvalue weighted by molar-refractivity contribution is -0.117. The van der Waals surface area contributed by atoms with Crippen LogP contribution in [0.15, 0.2) is 61.3 Å². The first kappa shape index (κ1) is 23.9. The Morgan fingerprint density at radius 2 is 1.92 bits per heavy atom. The number of nitrogens with one attached hydrogen (secondary N) is 3. The fourth-order valence-electron chi connectivity index (χ4n) is 4.25. The van der Waals surface area contributed by atoms with E-state index in [0.29, 0.717) is 5.82 Å². The SMILES string of the molecule is C=C(NCCC1(OC)CC1)Nc1cnc(C)c(-c2cccc(-c3cc(NC(=O)C4CC4)ncn3)c2)c1. The summed E-state index contributed by atoms with van der Waals surface area (Å²) in [5.41, 5.74) is 5.57. The smallest absolute Gasteiger partial charge is 0.228 e. The minimum atomic E-state index is 0.0289. The number of rotatable bonds is 11. The van der Waals surface area contributed by atoms with Gasteiger partial charge in [0, 0.05) is 42.5 Å². The molecule has 2 fully saturated rings. The van der Waals surface area contributed by atoms with E-state index in [9.17, 15) is 4.79 Å². The van der Waals surface area contributed by atoms with Gasteiger partial charge < -0.3 is 20.7 Å². The number of aromatic nitrogens is 3. The summed E-state index contributed by atoms with van der Waals surface area (Å²) >= 11 is 0. The average molecular weight is 485 g/mol. The van der Waals surface area contributed by atoms with Crippen molar-refractivity contribution in [3.8, 4) is 22.4 Å². The maximum atomic E-state index is 12.1. The van der Waals surface area contributed by atoms with E-state index in [-0.39, 0.29) is 17.4 Å². The van der Waals surface area contributed by atoms with E-state index in [4.69, 9.17) is 4.74 Å². The van der Waals surface area contributed by atoms with Crippen molar-refractivity contribution in [1.29, 1.82) is 0 Å². The topological polar surface area (TPSA) is 101 Å². The predicted octanol–water partition coefficient (Wildman–Crippen LogP) is 4.90. The molecule has 2 heterocycles. The van der Waals surface area contributed by atoms with Gasteiger partial charge in [-0.05, 0) is 56.7 Å². The molecule has 0 unspecified atom stereocenters. The minimum absolute atomic E-state index is 0.0289. The van der Waals surface area contributed by atoms with Crippen molar-refractivity contribution in [2.24, 2.45) is 5.92 Å². The van der Waals surface area contributed by atoms with Crippen LogP contribution in [0.3, 0.4) is 0 Å². The van der Waals surface area contributed by atoms with Crippen LogP contribution in [-0.2, 0) is 9.53 Å². The molecule has 36 heavy (non-hydrogen) atoms. The number of methoxy groups -OCH3 is 1. The van der Waals surface area contributed by atoms with Crippen LogP contribution in [0.25, 0.3) is 22.4 Å². The molecule has 5 rings (SSSR count). The summed E-state index contributed by atoms with van der Waals surface area (Å²) in [4.78, 5) is 25.4. The number of aryl methyl sites for hydroxylation is 1. The van der Waals surface area contributed by atoms with Crippen LogP contribution in [0.1, 0.15) is 37.8 Å². The maximum Gasteiger partial charge on any atom is 0.228 e. The predicted molar refractivity (Wildman–Crippen MR) is 141 cm³/mol. The second kappa shape index (κ2) is 10.1. The van der Waals surface area contributed by atoms with Gasteiger partial charge in [0.25, 0.3) is 0 Å². The van der Waals surface area contributed by atoms with Gasteiger partial charge in [-0.3, -0.25) is 9.78 Å². The Labute approximate surface area is 211 Å². The fourth-order valence-corrected chi connectivity index (χ4v) is 4.25. The largest absolute Gasteiger partial charge is 0.378 e. The molecular formula is C28H32N6O2. The molecule has 8 heteroatoms. The van der Waals surface area contributed by atoms with Gasteiger partial charge in [0.15, 0.2) is 0 Å². The second-order valence-electron chi connectivity index (χ2n) is 9.66. The molecule has 2 aliphatic rings. The molecule has 0 atom stereocenters. The third-order valence-corrected chi connectivity index (χ3v) is 6.88. The van der Waals surface area contributed by atoms with E-state index in [1.807, 2.05) is 31.3 Å². The third kappa shape index (κ3) is 5.71. The average Bonchev–Trinajstić information content (AvgIpc) is 3.81. The molecule has 186 valence electrons. The number of hydrogen-bond donors (Lipinski definition) is 3. The monoisotopic (exact) mass is 484 g/mol. The Morgan fingerprint density at radius 1 is 1.11 bits per heavy atom. The normalized spacial score (nSPS) is 15.7. The standard InChI is InChI=1S/C28H32N6O2/c1-18-24(14-23(16-30-18)33-19(2)29-12-11-28(36-3)9-10-28)21-5-4-6-22(13-21)25-15-26(32-17-31-25)34-27(35)20-7-8-20/h4-6,13-17,20,29,33H,2,7-12H2,1,3H3,(H,31,32,34,35). The fraction of sp³-hybridized carbons (Fsp3) is 0.357. The first-order valence-electron chi connectivity index (χ1n) is 12.4. The number of carbonyl (C=O) groups is 1. The highest BCUT2D eigenvalue weighted by Gasteiger charge is 2.42. The molecule has 1 amide bonds. The Hall–Kier alpha value is -3.78. The van der Waals surface area contributed by atoms with Crippen molar-refractivity contribution in [3.05, 3.63) is 67.0 Å². The number of ether oxygens (including phenoxy) is 1. The van der Waals surface area contributed by atoms with Gasteiger partial charge in [0.1, 0.15) is 12.1 Å². The van der Waals surface area contributed by atoms with E-state index in [1.54, 1.807) is 7.11 Å². The summed E-state index contributed by atoms with van der Waals surface area (Å²) in [6, 6.07) is 12.0. The molecule has 0 spiro atoms. The number of hydrogen-bond acceptors (Lipinski definition) is 7. The van der Waals surface area contributed by atoms with E-state index in [0.717, 1.165) is 78.2 Å². The van der Waals surface area contributed by atoms with Crippen LogP contribution in [0.2, 0.25) is 0 Å². The quantitative estimate of drug-likeness (QED) is 0.356. The lowest BCUT2D eigenvalue weighted by Gasteiger charge is -2.17. The first-order chi connectivity index (χ1) is 17.4. The number of benzene rings is 1. The highest BCUT2D eigenvalue weighted by atomic mass is 16.5. The zero-order valence-electron chi connectivity index (χ0n) is 20.8. The number of nitrogens with zero attached hydrogens (tertiary/aromatic N) is 3. The Bertz CT molecular complexity index is 1280. The van der Waals surface area contributed by atoms with Crippen molar-refractivity contribution in [2.75, 3.05) is 24.3 Å². The van der Waals surface area contributed by atoms with Gasteiger partial charge in [0.2, 0.25) is 5.91 Å². The third-order valence-electron chi connectivity index (χ3n) is 6.88. The summed E-state index contributed by atoms with van der Waals surface area (Å²) in [7, 11) is 1.78. The molecule has 0 radical (unpaired) electrons. The van der Waals surface area contributed by atoms with Gasteiger partial charge in [-0.15, -0.1) is 0 Å². The Morgan fingerprint density at radius 3 is 2.67 bits per heavy atom. The molecule has 0 aliphatic heterocycles. The van der Waals surface area contributed by atoms with E-state index >= 15 is 0 Å². The van der Waals surface area contributed by atoms with Crippen molar-refractivity contribution in [2.45, 2.75) is 44.6 Å². The summed E-state index contributed by atoms with van der Waals surface area (Å²) in [5.74, 6) is 1.40. The number of anilines is 2. The molecule has 0 saturated heterocycles. The molecule has 2 aromatic heterocycles. The summed E-state index contributed by atoms with van der Waals surface area (Å²) in [6.45, 7) is 6.90. The lowest BCUT2D eigenvalue weighted by atomic mass is 10.0. The molecular weight excluding hydrogens is 452 g/mol. The van der Waals surface area contributed by atoms with Crippen LogP contribution in [0, 0.1) is 12.8 Å². The number of amides is 1. The molecule has 1 aromatic carbocycles. The highest BCUT2D eigenvalue weighted by molar-refractivity contribution is 5.93. The summed E-state index contributed by atoms with van der Waals surface area (Å²) < 4.78 is 5.58. The minimum Gasteiger partial charge on any atom is -0.378 e. The van der Waals surface area contributed by atoms with Crippen molar-refractivity contribution >= 4 is 17.4 Å². The van der Waals surface area contributed by atoms with Gasteiger partial charge in [-0.25, -0.2) is 9.97 Å². The van der Waals surface area contributed by atoms with Crippen molar-refractivity contribution in [3.63, 3.8) is 0 Å². The zero-order chi connectivity index (χ0) is 25.1. The van der Waals surface area contributed by atoms with Gasteiger partial charge in [-0.1, -0.05) is 24.8 Å². The van der Waals surface area contributed by atoms with Gasteiger partial charge >= 0.3 is 0 Å². The van der Waals surface area contributed by atoms with Crippen molar-refractivity contribution < 1.29 is 9.53 Å². The molecule has 3 aromatic rings. The molecule has 0 bridgehead atoms. The lowest BCUT2D eigenvalue weighted by Crippen LogP contribution is -2.25. The highest BCUT2D eigenvalue weighted by Crippen LogP contribution is 2.41. The summed E-state index contributed by atoms with van der Waals surface area (Å²) in [5, 5.41) is 9.55. The second-order valence-corrected chi connectivity index (χ2v) is 9.66. The number of pyridine rings is 1. The molecule has 2 aliphatic carbocycles. The van der Waals surface area contributed by atoms with Crippen LogP contribution < -0.4 is 16.0 Å². The van der Waals surface area contributed by atoms with Crippen LogP contribution >= 0.6 is 0 Å². The van der Waals surface area contributed by atoms with E-state index in [1.165, 1.54) is 6.33 Å². The Kier molecular flexibility index (Phi) is 6.69. The molecule has 2 saturated carbocycles. The van der Waals surface area contributed by atoms with Crippen LogP contribution in [0.5, 0.6) is 0 Å². The molecule has 3 N–H and O–H groups in total.